The number of benzene rings is 4. The smallest absolute Gasteiger partial charge is 0.226 e. The number of hydrogen-bond donors (Lipinski definition) is 0. The molecule has 0 N–H and O–H groups in total. The van der Waals surface area contributed by atoms with E-state index < -0.39 is 0 Å². The van der Waals surface area contributed by atoms with Gasteiger partial charge in [0.05, 0.1) is 5.56 Å². The lowest BCUT2D eigenvalue weighted by atomic mass is 10.0. The van der Waals surface area contributed by atoms with Gasteiger partial charge in [-0.2, -0.15) is 9.97 Å². The van der Waals surface area contributed by atoms with Gasteiger partial charge in [-0.15, -0.1) is 0 Å². The second-order valence-corrected chi connectivity index (χ2v) is 7.40. The van der Waals surface area contributed by atoms with E-state index in [0.29, 0.717) is 11.6 Å². The molecule has 0 aliphatic heterocycles. The molecule has 0 aliphatic carbocycles. The Balaban J connectivity index is 1.61. The molecule has 2 aromatic heterocycles. The van der Waals surface area contributed by atoms with E-state index in [2.05, 4.69) is 28.2 Å². The molecular weight excluding hydrogens is 394 g/mol. The fourth-order valence-corrected chi connectivity index (χ4v) is 4.09. The quantitative estimate of drug-likeness (QED) is 0.313. The monoisotopic (exact) mass is 407 g/mol. The maximum Gasteiger partial charge on any atom is 0.226 e. The zero-order chi connectivity index (χ0) is 20.1. The summed E-state index contributed by atoms with van der Waals surface area (Å²) >= 11 is 6.34. The zero-order valence-electron chi connectivity index (χ0n) is 15.7. The van der Waals surface area contributed by atoms with Crippen molar-refractivity contribution < 1.29 is 4.42 Å². The summed E-state index contributed by atoms with van der Waals surface area (Å²) in [5.41, 5.74) is 3.27. The van der Waals surface area contributed by atoms with E-state index in [1.807, 2.05) is 66.7 Å². The fraction of sp³-hybridized carbons (Fsp3) is 0. The molecule has 0 unspecified atom stereocenters. The zero-order valence-corrected chi connectivity index (χ0v) is 16.5. The Hall–Kier alpha value is -3.76. The number of para-hydroxylation sites is 2. The van der Waals surface area contributed by atoms with Gasteiger partial charge >= 0.3 is 0 Å². The summed E-state index contributed by atoms with van der Waals surface area (Å²) in [6.07, 6.45) is 0. The van der Waals surface area contributed by atoms with Crippen LogP contribution in [0.4, 0.5) is 0 Å². The van der Waals surface area contributed by atoms with Crippen molar-refractivity contribution in [2.75, 3.05) is 0 Å². The minimum absolute atomic E-state index is 0.149. The van der Waals surface area contributed by atoms with Crippen LogP contribution in [0.15, 0.2) is 89.3 Å². The third-order valence-electron chi connectivity index (χ3n) is 5.28. The van der Waals surface area contributed by atoms with E-state index in [1.165, 1.54) is 0 Å². The third-order valence-corrected chi connectivity index (χ3v) is 5.45. The van der Waals surface area contributed by atoms with Crippen molar-refractivity contribution in [1.29, 1.82) is 0 Å². The standard InChI is InChI=1S/C25H14ClN3O/c26-25-28-23(19-12-5-8-15-7-1-2-9-16(15)19)27-24(29-25)20-13-6-11-18-17-10-3-4-14-21(17)30-22(18)20/h1-14H. The normalized spacial score (nSPS) is 11.5. The van der Waals surface area contributed by atoms with Crippen molar-refractivity contribution >= 4 is 44.3 Å². The summed E-state index contributed by atoms with van der Waals surface area (Å²) in [7, 11) is 0. The van der Waals surface area contributed by atoms with Gasteiger partial charge in [-0.1, -0.05) is 72.8 Å². The molecule has 0 atom stereocenters. The average Bonchev–Trinajstić information content (AvgIpc) is 3.17. The minimum atomic E-state index is 0.149. The van der Waals surface area contributed by atoms with Crippen molar-refractivity contribution in [3.05, 3.63) is 90.2 Å². The highest BCUT2D eigenvalue weighted by molar-refractivity contribution is 6.28. The van der Waals surface area contributed by atoms with Gasteiger partial charge in [0.25, 0.3) is 0 Å². The molecule has 4 nitrogen and oxygen atoms in total. The Bertz CT molecular complexity index is 1570. The summed E-state index contributed by atoms with van der Waals surface area (Å²) in [6, 6.07) is 28.1. The summed E-state index contributed by atoms with van der Waals surface area (Å²) in [5.74, 6) is 1.03. The second kappa shape index (κ2) is 6.65. The van der Waals surface area contributed by atoms with E-state index in [1.54, 1.807) is 0 Å². The Morgan fingerprint density at radius 3 is 2.10 bits per heavy atom. The molecule has 0 spiro atoms. The van der Waals surface area contributed by atoms with Crippen LogP contribution in [0.25, 0.3) is 55.5 Å². The van der Waals surface area contributed by atoms with E-state index >= 15 is 0 Å². The first-order valence-electron chi connectivity index (χ1n) is 9.58. The van der Waals surface area contributed by atoms with Gasteiger partial charge in [-0.05, 0) is 34.5 Å². The Labute approximate surface area is 176 Å². The number of aromatic nitrogens is 3. The van der Waals surface area contributed by atoms with Gasteiger partial charge in [0.1, 0.15) is 11.2 Å². The van der Waals surface area contributed by atoms with Crippen molar-refractivity contribution in [2.24, 2.45) is 0 Å². The van der Waals surface area contributed by atoms with Gasteiger partial charge in [0.15, 0.2) is 11.6 Å². The number of furan rings is 1. The Kier molecular flexibility index (Phi) is 3.79. The average molecular weight is 408 g/mol. The Morgan fingerprint density at radius 2 is 1.20 bits per heavy atom. The highest BCUT2D eigenvalue weighted by atomic mass is 35.5. The van der Waals surface area contributed by atoms with Crippen LogP contribution in [0.3, 0.4) is 0 Å². The highest BCUT2D eigenvalue weighted by Gasteiger charge is 2.16. The lowest BCUT2D eigenvalue weighted by Crippen LogP contribution is -1.98. The van der Waals surface area contributed by atoms with E-state index in [9.17, 15) is 0 Å². The molecule has 5 heteroatoms. The first-order valence-corrected chi connectivity index (χ1v) is 9.96. The van der Waals surface area contributed by atoms with Gasteiger partial charge in [-0.3, -0.25) is 0 Å². The van der Waals surface area contributed by atoms with Crippen LogP contribution < -0.4 is 0 Å². The lowest BCUT2D eigenvalue weighted by Gasteiger charge is -2.08. The molecule has 6 rings (SSSR count). The van der Waals surface area contributed by atoms with Crippen molar-refractivity contribution in [1.82, 2.24) is 15.0 Å². The van der Waals surface area contributed by atoms with Crippen LogP contribution in [0.2, 0.25) is 5.28 Å². The number of nitrogens with zero attached hydrogens (tertiary/aromatic N) is 3. The predicted molar refractivity (Wildman–Crippen MR) is 120 cm³/mol. The van der Waals surface area contributed by atoms with Crippen LogP contribution in [-0.4, -0.2) is 15.0 Å². The molecule has 30 heavy (non-hydrogen) atoms. The topological polar surface area (TPSA) is 51.8 Å². The summed E-state index contributed by atoms with van der Waals surface area (Å²) < 4.78 is 6.15. The van der Waals surface area contributed by atoms with Gasteiger partial charge < -0.3 is 4.42 Å². The molecule has 0 amide bonds. The number of rotatable bonds is 2. The van der Waals surface area contributed by atoms with Crippen LogP contribution in [0, 0.1) is 0 Å². The van der Waals surface area contributed by atoms with Crippen molar-refractivity contribution in [3.8, 4) is 22.8 Å². The largest absolute Gasteiger partial charge is 0.455 e. The first-order chi connectivity index (χ1) is 14.8. The molecular formula is C25H14ClN3O. The van der Waals surface area contributed by atoms with Crippen LogP contribution in [0.5, 0.6) is 0 Å². The highest BCUT2D eigenvalue weighted by Crippen LogP contribution is 2.35. The van der Waals surface area contributed by atoms with Gasteiger partial charge in [0.2, 0.25) is 5.28 Å². The molecule has 0 bridgehead atoms. The molecule has 0 saturated heterocycles. The molecule has 0 aliphatic rings. The maximum atomic E-state index is 6.34. The fourth-order valence-electron chi connectivity index (χ4n) is 3.93. The first kappa shape index (κ1) is 17.1. The third kappa shape index (κ3) is 2.65. The second-order valence-electron chi connectivity index (χ2n) is 7.06. The number of fused-ring (bicyclic) bond motifs is 4. The lowest BCUT2D eigenvalue weighted by molar-refractivity contribution is 0.669. The van der Waals surface area contributed by atoms with Crippen molar-refractivity contribution in [3.63, 3.8) is 0 Å². The summed E-state index contributed by atoms with van der Waals surface area (Å²) in [4.78, 5) is 13.6. The molecule has 0 radical (unpaired) electrons. The summed E-state index contributed by atoms with van der Waals surface area (Å²) in [6.45, 7) is 0. The summed E-state index contributed by atoms with van der Waals surface area (Å²) in [5, 5.41) is 4.41. The predicted octanol–water partition coefficient (Wildman–Crippen LogP) is 6.91. The molecule has 0 fully saturated rings. The maximum absolute atomic E-state index is 6.34. The molecule has 2 heterocycles. The molecule has 142 valence electrons. The molecule has 0 saturated carbocycles. The SMILES string of the molecule is Clc1nc(-c2cccc3ccccc23)nc(-c2cccc3c2oc2ccccc23)n1. The van der Waals surface area contributed by atoms with Crippen LogP contribution in [0.1, 0.15) is 0 Å². The molecule has 4 aromatic carbocycles. The van der Waals surface area contributed by atoms with Crippen LogP contribution in [-0.2, 0) is 0 Å². The van der Waals surface area contributed by atoms with Gasteiger partial charge in [0, 0.05) is 16.3 Å². The van der Waals surface area contributed by atoms with Gasteiger partial charge in [-0.25, -0.2) is 4.98 Å². The van der Waals surface area contributed by atoms with Crippen LogP contribution >= 0.6 is 11.6 Å². The minimum Gasteiger partial charge on any atom is -0.455 e. The van der Waals surface area contributed by atoms with Crippen molar-refractivity contribution in [2.45, 2.75) is 0 Å². The van der Waals surface area contributed by atoms with E-state index in [-0.39, 0.29) is 5.28 Å². The van der Waals surface area contributed by atoms with E-state index in [4.69, 9.17) is 21.0 Å². The number of hydrogen-bond acceptors (Lipinski definition) is 4. The molecule has 6 aromatic rings. The Morgan fingerprint density at radius 1 is 0.567 bits per heavy atom. The number of halogens is 1. The van der Waals surface area contributed by atoms with E-state index in [0.717, 1.165) is 43.8 Å².